The van der Waals surface area contributed by atoms with Gasteiger partial charge < -0.3 is 5.32 Å². The van der Waals surface area contributed by atoms with E-state index in [4.69, 9.17) is 0 Å². The number of benzene rings is 1. The van der Waals surface area contributed by atoms with Crippen LogP contribution >= 0.6 is 0 Å². The van der Waals surface area contributed by atoms with Gasteiger partial charge in [0.25, 0.3) is 17.4 Å². The number of carbonyl (C=O) groups excluding carboxylic acids is 3. The number of hydrogen-bond acceptors (Lipinski definition) is 8. The third-order valence-corrected chi connectivity index (χ3v) is 11.7. The van der Waals surface area contributed by atoms with E-state index in [0.29, 0.717) is 52.1 Å². The van der Waals surface area contributed by atoms with Gasteiger partial charge in [-0.3, -0.25) is 47.8 Å². The summed E-state index contributed by atoms with van der Waals surface area (Å²) in [5.41, 5.74) is 1.63. The molecule has 3 amide bonds. The molecule has 1 saturated carbocycles. The van der Waals surface area contributed by atoms with E-state index in [9.17, 15) is 24.0 Å². The van der Waals surface area contributed by atoms with E-state index in [0.717, 1.165) is 25.7 Å². The minimum atomic E-state index is -3.06. The largest absolute Gasteiger partial charge is 0.329 e. The predicted octanol–water partition coefficient (Wildman–Crippen LogP) is 4.18. The Labute approximate surface area is 314 Å². The maximum Gasteiger partial charge on any atom is 0.329 e. The van der Waals surface area contributed by atoms with Crippen molar-refractivity contribution >= 4 is 45.5 Å². The van der Waals surface area contributed by atoms with Crippen LogP contribution in [0.15, 0.2) is 58.3 Å². The van der Waals surface area contributed by atoms with Gasteiger partial charge in [-0.1, -0.05) is 18.2 Å². The minimum absolute atomic E-state index is 0.0506. The number of carbonyl (C=O) groups is 3. The summed E-state index contributed by atoms with van der Waals surface area (Å²) in [6.45, 7) is 2.42. The molecule has 2 atom stereocenters. The Bertz CT molecular complexity index is 2470. The van der Waals surface area contributed by atoms with Gasteiger partial charge in [-0.05, 0) is 87.7 Å². The van der Waals surface area contributed by atoms with Gasteiger partial charge >= 0.3 is 5.69 Å². The Kier molecular flexibility index (Phi) is 9.26. The first-order valence-electron chi connectivity index (χ1n) is 18.8. The molecule has 3 aliphatic rings. The molecule has 8 rings (SSSR count). The van der Waals surface area contributed by atoms with Crippen LogP contribution in [0.5, 0.6) is 0 Å². The highest BCUT2D eigenvalue weighted by molar-refractivity contribution is 6.03. The van der Waals surface area contributed by atoms with Gasteiger partial charge in [0.2, 0.25) is 11.8 Å². The second-order valence-electron chi connectivity index (χ2n) is 15.3. The lowest BCUT2D eigenvalue weighted by molar-refractivity contribution is -0.135. The lowest BCUT2D eigenvalue weighted by atomic mass is 9.83. The molecular weight excluding hydrogens is 712 g/mol. The van der Waals surface area contributed by atoms with Crippen molar-refractivity contribution in [3.8, 4) is 0 Å². The lowest BCUT2D eigenvalue weighted by Gasteiger charge is -2.41. The molecule has 14 nitrogen and oxygen atoms in total. The number of piperidine rings is 2. The number of anilines is 1. The van der Waals surface area contributed by atoms with Gasteiger partial charge in [0.1, 0.15) is 17.6 Å². The van der Waals surface area contributed by atoms with Crippen LogP contribution in [0.1, 0.15) is 84.7 Å². The fraction of sp³-hybridized carbons (Fsp3) is 0.462. The highest BCUT2D eigenvalue weighted by atomic mass is 19.3. The number of pyridine rings is 2. The highest BCUT2D eigenvalue weighted by Crippen LogP contribution is 2.44. The maximum atomic E-state index is 16.1. The van der Waals surface area contributed by atoms with E-state index in [1.165, 1.54) is 20.7 Å². The van der Waals surface area contributed by atoms with Crippen LogP contribution in [0.25, 0.3) is 21.9 Å². The summed E-state index contributed by atoms with van der Waals surface area (Å²) in [7, 11) is 3.12. The zero-order chi connectivity index (χ0) is 38.8. The zero-order valence-corrected chi connectivity index (χ0v) is 30.9. The molecule has 6 heterocycles. The number of alkyl halides is 2. The van der Waals surface area contributed by atoms with Gasteiger partial charge in [-0.25, -0.2) is 18.6 Å². The molecule has 2 N–H and O–H groups in total. The average molecular weight is 756 g/mol. The van der Waals surface area contributed by atoms with Crippen molar-refractivity contribution < 1.29 is 23.2 Å². The maximum absolute atomic E-state index is 16.1. The summed E-state index contributed by atoms with van der Waals surface area (Å²) in [4.78, 5) is 70.1. The number of nitrogens with one attached hydrogen (secondary N) is 2. The van der Waals surface area contributed by atoms with Crippen LogP contribution in [0, 0.1) is 12.8 Å². The number of halogens is 2. The third kappa shape index (κ3) is 6.66. The molecule has 1 aliphatic carbocycles. The molecule has 55 heavy (non-hydrogen) atoms. The predicted molar refractivity (Wildman–Crippen MR) is 200 cm³/mol. The third-order valence-electron chi connectivity index (χ3n) is 11.7. The first-order valence-corrected chi connectivity index (χ1v) is 18.8. The Morgan fingerprint density at radius 3 is 2.47 bits per heavy atom. The molecule has 5 aromatic rings. The summed E-state index contributed by atoms with van der Waals surface area (Å²) in [5, 5.41) is 10.3. The number of rotatable bonds is 7. The van der Waals surface area contributed by atoms with Crippen molar-refractivity contribution in [1.82, 2.24) is 38.7 Å². The number of likely N-dealkylation sites (tertiary alicyclic amines) is 1. The second-order valence-corrected chi connectivity index (χ2v) is 15.3. The van der Waals surface area contributed by atoms with Crippen molar-refractivity contribution in [2.45, 2.75) is 75.8 Å². The highest BCUT2D eigenvalue weighted by Gasteiger charge is 2.47. The average Bonchev–Trinajstić information content (AvgIpc) is 3.69. The molecule has 2 aliphatic heterocycles. The number of amides is 3. The number of imidazole rings is 1. The van der Waals surface area contributed by atoms with E-state index in [2.05, 4.69) is 20.7 Å². The summed E-state index contributed by atoms with van der Waals surface area (Å²) in [6, 6.07) is 11.0. The van der Waals surface area contributed by atoms with Crippen LogP contribution in [-0.2, 0) is 23.7 Å². The molecule has 0 spiro atoms. The van der Waals surface area contributed by atoms with Gasteiger partial charge in [0.15, 0.2) is 5.52 Å². The minimum Gasteiger partial charge on any atom is -0.307 e. The smallest absolute Gasteiger partial charge is 0.307 e. The molecule has 0 radical (unpaired) electrons. The molecule has 16 heteroatoms. The van der Waals surface area contributed by atoms with Gasteiger partial charge in [-0.2, -0.15) is 5.10 Å². The summed E-state index contributed by atoms with van der Waals surface area (Å²) in [6.07, 6.45) is 5.52. The number of hydrogen-bond donors (Lipinski definition) is 2. The summed E-state index contributed by atoms with van der Waals surface area (Å²) < 4.78 is 38.1. The monoisotopic (exact) mass is 755 g/mol. The molecular formula is C39H43F2N9O5. The van der Waals surface area contributed by atoms with Crippen molar-refractivity contribution in [2.75, 3.05) is 25.0 Å². The van der Waals surface area contributed by atoms with E-state index < -0.39 is 47.8 Å². The number of fused-ring (bicyclic) bond motifs is 2. The fourth-order valence-corrected chi connectivity index (χ4v) is 8.83. The van der Waals surface area contributed by atoms with Gasteiger partial charge in [0.05, 0.1) is 29.5 Å². The molecule has 0 bridgehead atoms. The zero-order valence-electron chi connectivity index (χ0n) is 30.9. The van der Waals surface area contributed by atoms with Crippen LogP contribution < -0.4 is 21.9 Å². The summed E-state index contributed by atoms with van der Waals surface area (Å²) in [5.74, 6) is -5.00. The van der Waals surface area contributed by atoms with Gasteiger partial charge in [0, 0.05) is 44.3 Å². The molecule has 3 fully saturated rings. The molecule has 1 aromatic carbocycles. The van der Waals surface area contributed by atoms with E-state index in [1.54, 1.807) is 56.4 Å². The Hall–Kier alpha value is -5.51. The number of nitrogens with zero attached hydrogens (tertiary/aromatic N) is 7. The van der Waals surface area contributed by atoms with Gasteiger partial charge in [-0.15, -0.1) is 0 Å². The number of aromatic nitrogens is 6. The van der Waals surface area contributed by atoms with Crippen LogP contribution in [0.4, 0.5) is 14.6 Å². The van der Waals surface area contributed by atoms with Crippen molar-refractivity contribution in [3.05, 3.63) is 86.5 Å². The van der Waals surface area contributed by atoms with E-state index in [-0.39, 0.29) is 42.5 Å². The fourth-order valence-electron chi connectivity index (χ4n) is 8.83. The second kappa shape index (κ2) is 14.0. The first-order chi connectivity index (χ1) is 26.3. The van der Waals surface area contributed by atoms with Crippen molar-refractivity contribution in [1.29, 1.82) is 0 Å². The Morgan fingerprint density at radius 1 is 0.982 bits per heavy atom. The van der Waals surface area contributed by atoms with Crippen LogP contribution in [0.2, 0.25) is 0 Å². The van der Waals surface area contributed by atoms with Crippen LogP contribution in [0.3, 0.4) is 0 Å². The molecule has 2 saturated heterocycles. The Morgan fingerprint density at radius 2 is 1.75 bits per heavy atom. The lowest BCUT2D eigenvalue weighted by Crippen LogP contribution is -2.49. The molecule has 4 aromatic heterocycles. The Balaban J connectivity index is 0.919. The number of aryl methyl sites for hydroxylation is 2. The normalized spacial score (nSPS) is 23.3. The molecule has 288 valence electrons. The van der Waals surface area contributed by atoms with E-state index >= 15 is 8.78 Å². The van der Waals surface area contributed by atoms with E-state index in [1.807, 2.05) is 15.8 Å². The SMILES string of the molecule is Cc1cccc(C(=O)Nc2cc3cn([C@H]4CC[C@H](CN5CCC(c6cccc7c6n(C)c(=O)n7C6CCC(=O)NC6=O)C(F)(F)C5)CC4)nc3c(=O)n2C)n1. The molecule has 2 unspecified atom stereocenters. The number of para-hydroxylation sites is 1. The topological polar surface area (TPSA) is 158 Å². The van der Waals surface area contributed by atoms with Crippen molar-refractivity contribution in [2.24, 2.45) is 20.0 Å². The van der Waals surface area contributed by atoms with Crippen molar-refractivity contribution in [3.63, 3.8) is 0 Å². The number of imide groups is 1. The van der Waals surface area contributed by atoms with Crippen LogP contribution in [-0.4, -0.2) is 76.6 Å². The standard InChI is InChI=1S/C39H43F2N9O5/c1-22-6-4-8-28(42-22)35(52)43-31-18-24-20-49(45-33(24)37(54)46(31)2)25-12-10-23(11-13-25)19-48-17-16-27(39(40,41)21-48)26-7-5-9-29-34(26)47(3)38(55)50(29)30-14-15-32(51)44-36(30)53/h4-9,18,20,23,25,27,30H,10-17,19,21H2,1-3H3,(H,43,52)(H,44,51,53)/t23-,25-,27?,30?. The first kappa shape index (κ1) is 36.5. The summed E-state index contributed by atoms with van der Waals surface area (Å²) >= 11 is 0. The quantitative estimate of drug-likeness (QED) is 0.235.